The standard InChI is InChI=1S/C19H19N5O2S/c1-2-14-9-18(26)24(12-20-14)11-17(25)21-15-5-3-13(4-6-15)16-10-23-7-8-27-19(23)22-16/h3-6,9-10,12H,2,7-8,11H2,1H3,(H,21,25). The molecule has 1 amide bonds. The molecule has 0 unspecified atom stereocenters. The summed E-state index contributed by atoms with van der Waals surface area (Å²) < 4.78 is 3.46. The Morgan fingerprint density at radius 3 is 2.81 bits per heavy atom. The van der Waals surface area contributed by atoms with Crippen LogP contribution < -0.4 is 10.9 Å². The summed E-state index contributed by atoms with van der Waals surface area (Å²) in [7, 11) is 0. The van der Waals surface area contributed by atoms with E-state index >= 15 is 0 Å². The van der Waals surface area contributed by atoms with Gasteiger partial charge in [-0.15, -0.1) is 0 Å². The number of thioether (sulfide) groups is 1. The van der Waals surface area contributed by atoms with Crippen LogP contribution in [0.4, 0.5) is 5.69 Å². The van der Waals surface area contributed by atoms with Crippen molar-refractivity contribution >= 4 is 23.4 Å². The number of aryl methyl sites for hydroxylation is 2. The Morgan fingerprint density at radius 2 is 2.11 bits per heavy atom. The third-order valence-electron chi connectivity index (χ3n) is 4.38. The van der Waals surface area contributed by atoms with Crippen LogP contribution in [0.15, 0.2) is 52.8 Å². The van der Waals surface area contributed by atoms with Crippen molar-refractivity contribution < 1.29 is 4.79 Å². The number of aromatic nitrogens is 4. The lowest BCUT2D eigenvalue weighted by Gasteiger charge is -2.08. The highest BCUT2D eigenvalue weighted by atomic mass is 32.2. The second-order valence-electron chi connectivity index (χ2n) is 6.28. The Hall–Kier alpha value is -2.87. The molecule has 27 heavy (non-hydrogen) atoms. The third kappa shape index (κ3) is 3.80. The Kier molecular flexibility index (Phi) is 4.81. The normalized spacial score (nSPS) is 12.8. The van der Waals surface area contributed by atoms with Crippen molar-refractivity contribution in [3.05, 3.63) is 58.9 Å². The predicted octanol–water partition coefficient (Wildman–Crippen LogP) is 2.41. The van der Waals surface area contributed by atoms with Crippen LogP contribution in [0.25, 0.3) is 11.3 Å². The van der Waals surface area contributed by atoms with Crippen LogP contribution in [0.1, 0.15) is 12.6 Å². The molecule has 1 aliphatic heterocycles. The molecular weight excluding hydrogens is 362 g/mol. The van der Waals surface area contributed by atoms with Crippen molar-refractivity contribution in [1.82, 2.24) is 19.1 Å². The molecule has 3 heterocycles. The number of imidazole rings is 1. The van der Waals surface area contributed by atoms with Gasteiger partial charge in [0.25, 0.3) is 5.56 Å². The van der Waals surface area contributed by atoms with E-state index in [1.54, 1.807) is 11.8 Å². The van der Waals surface area contributed by atoms with E-state index in [1.165, 1.54) is 17.0 Å². The molecule has 7 nitrogen and oxygen atoms in total. The highest BCUT2D eigenvalue weighted by molar-refractivity contribution is 7.99. The number of carbonyl (C=O) groups is 1. The van der Waals surface area contributed by atoms with Crippen LogP contribution in [0.3, 0.4) is 0 Å². The summed E-state index contributed by atoms with van der Waals surface area (Å²) >= 11 is 1.76. The number of anilines is 1. The fraction of sp³-hybridized carbons (Fsp3) is 0.263. The van der Waals surface area contributed by atoms with E-state index in [1.807, 2.05) is 31.2 Å². The molecule has 3 aromatic rings. The van der Waals surface area contributed by atoms with E-state index in [0.717, 1.165) is 34.4 Å². The second kappa shape index (κ2) is 7.40. The molecule has 0 aliphatic carbocycles. The van der Waals surface area contributed by atoms with Crippen molar-refractivity contribution in [3.63, 3.8) is 0 Å². The van der Waals surface area contributed by atoms with E-state index in [9.17, 15) is 9.59 Å². The number of fused-ring (bicyclic) bond motifs is 1. The molecule has 0 spiro atoms. The summed E-state index contributed by atoms with van der Waals surface area (Å²) in [5.41, 5.74) is 3.11. The van der Waals surface area contributed by atoms with Crippen molar-refractivity contribution in [3.8, 4) is 11.3 Å². The van der Waals surface area contributed by atoms with Crippen LogP contribution in [-0.4, -0.2) is 30.8 Å². The molecule has 138 valence electrons. The molecule has 4 rings (SSSR count). The molecule has 0 radical (unpaired) electrons. The van der Waals surface area contributed by atoms with E-state index in [4.69, 9.17) is 0 Å². The van der Waals surface area contributed by atoms with Gasteiger partial charge in [-0.2, -0.15) is 0 Å². The molecule has 0 saturated carbocycles. The summed E-state index contributed by atoms with van der Waals surface area (Å²) in [6.45, 7) is 2.86. The number of hydrogen-bond donors (Lipinski definition) is 1. The summed E-state index contributed by atoms with van der Waals surface area (Å²) in [6.07, 6.45) is 4.16. The minimum Gasteiger partial charge on any atom is -0.325 e. The van der Waals surface area contributed by atoms with Gasteiger partial charge in [0.05, 0.1) is 12.0 Å². The zero-order valence-electron chi connectivity index (χ0n) is 14.9. The van der Waals surface area contributed by atoms with Crippen LogP contribution in [0, 0.1) is 0 Å². The fourth-order valence-electron chi connectivity index (χ4n) is 2.90. The molecule has 0 fully saturated rings. The SMILES string of the molecule is CCc1cc(=O)n(CC(=O)Nc2ccc(-c3cn4c(n3)SCC4)cc2)cn1. The minimum atomic E-state index is -0.270. The zero-order chi connectivity index (χ0) is 18.8. The quantitative estimate of drug-likeness (QED) is 0.734. The Balaban J connectivity index is 1.42. The molecule has 1 aromatic carbocycles. The Bertz CT molecular complexity index is 1020. The maximum absolute atomic E-state index is 12.2. The van der Waals surface area contributed by atoms with Gasteiger partial charge in [0.15, 0.2) is 5.16 Å². The number of nitrogens with one attached hydrogen (secondary N) is 1. The van der Waals surface area contributed by atoms with Gasteiger partial charge < -0.3 is 9.88 Å². The van der Waals surface area contributed by atoms with Crippen molar-refractivity contribution in [1.29, 1.82) is 0 Å². The van der Waals surface area contributed by atoms with Crippen LogP contribution in [0.2, 0.25) is 0 Å². The second-order valence-corrected chi connectivity index (χ2v) is 7.34. The van der Waals surface area contributed by atoms with Gasteiger partial charge in [-0.25, -0.2) is 9.97 Å². The third-order valence-corrected chi connectivity index (χ3v) is 5.35. The lowest BCUT2D eigenvalue weighted by molar-refractivity contribution is -0.116. The van der Waals surface area contributed by atoms with Crippen LogP contribution >= 0.6 is 11.8 Å². The van der Waals surface area contributed by atoms with Crippen molar-refractivity contribution in [2.75, 3.05) is 11.1 Å². The molecule has 1 N–H and O–H groups in total. The first-order valence-corrected chi connectivity index (χ1v) is 9.76. The van der Waals surface area contributed by atoms with Gasteiger partial charge >= 0.3 is 0 Å². The number of rotatable bonds is 5. The summed E-state index contributed by atoms with van der Waals surface area (Å²) in [5, 5.41) is 3.86. The van der Waals surface area contributed by atoms with Gasteiger partial charge in [0, 0.05) is 41.5 Å². The predicted molar refractivity (Wildman–Crippen MR) is 105 cm³/mol. The molecular formula is C19H19N5O2S. The first kappa shape index (κ1) is 17.5. The number of amides is 1. The summed E-state index contributed by atoms with van der Waals surface area (Å²) in [4.78, 5) is 33.0. The van der Waals surface area contributed by atoms with Gasteiger partial charge in [-0.3, -0.25) is 14.2 Å². The number of nitrogens with zero attached hydrogens (tertiary/aromatic N) is 4. The highest BCUT2D eigenvalue weighted by Crippen LogP contribution is 2.29. The largest absolute Gasteiger partial charge is 0.325 e. The fourth-order valence-corrected chi connectivity index (χ4v) is 3.85. The van der Waals surface area contributed by atoms with Crippen molar-refractivity contribution in [2.45, 2.75) is 31.6 Å². The number of hydrogen-bond acceptors (Lipinski definition) is 5. The van der Waals surface area contributed by atoms with Gasteiger partial charge in [0.2, 0.25) is 5.91 Å². The maximum Gasteiger partial charge on any atom is 0.253 e. The summed E-state index contributed by atoms with van der Waals surface area (Å²) in [5.74, 6) is 0.807. The number of benzene rings is 1. The monoisotopic (exact) mass is 381 g/mol. The summed E-state index contributed by atoms with van der Waals surface area (Å²) in [6, 6.07) is 9.00. The Labute approximate surface area is 160 Å². The Morgan fingerprint density at radius 1 is 1.30 bits per heavy atom. The first-order chi connectivity index (χ1) is 13.1. The molecule has 1 aliphatic rings. The molecule has 8 heteroatoms. The van der Waals surface area contributed by atoms with Gasteiger partial charge in [-0.05, 0) is 18.6 Å². The van der Waals surface area contributed by atoms with Gasteiger partial charge in [-0.1, -0.05) is 30.8 Å². The average Bonchev–Trinajstić information content (AvgIpc) is 3.26. The van der Waals surface area contributed by atoms with E-state index in [2.05, 4.69) is 26.0 Å². The smallest absolute Gasteiger partial charge is 0.253 e. The number of carbonyl (C=O) groups excluding carboxylic acids is 1. The van der Waals surface area contributed by atoms with E-state index in [-0.39, 0.29) is 18.0 Å². The van der Waals surface area contributed by atoms with Crippen LogP contribution in [0.5, 0.6) is 0 Å². The highest BCUT2D eigenvalue weighted by Gasteiger charge is 2.15. The van der Waals surface area contributed by atoms with E-state index in [0.29, 0.717) is 12.1 Å². The zero-order valence-corrected chi connectivity index (χ0v) is 15.7. The topological polar surface area (TPSA) is 81.8 Å². The van der Waals surface area contributed by atoms with Crippen LogP contribution in [-0.2, 0) is 24.3 Å². The van der Waals surface area contributed by atoms with Gasteiger partial charge in [0.1, 0.15) is 6.54 Å². The van der Waals surface area contributed by atoms with E-state index < -0.39 is 0 Å². The molecule has 0 bridgehead atoms. The maximum atomic E-state index is 12.2. The molecule has 2 aromatic heterocycles. The molecule has 0 atom stereocenters. The molecule has 0 saturated heterocycles. The average molecular weight is 381 g/mol. The lowest BCUT2D eigenvalue weighted by atomic mass is 10.1. The van der Waals surface area contributed by atoms with Crippen molar-refractivity contribution in [2.24, 2.45) is 0 Å². The lowest BCUT2D eigenvalue weighted by Crippen LogP contribution is -2.27. The first-order valence-electron chi connectivity index (χ1n) is 8.78. The minimum absolute atomic E-state index is 0.0669.